The quantitative estimate of drug-likeness (QED) is 0.0899. The lowest BCUT2D eigenvalue weighted by molar-refractivity contribution is 0.669. The van der Waals surface area contributed by atoms with E-state index in [1.165, 1.54) is 18.2 Å². The highest BCUT2D eigenvalue weighted by Gasteiger charge is 2.20. The number of nitrogens with two attached hydrogens (primary N) is 1. The average Bonchev–Trinajstić information content (AvgIpc) is 3.62. The molecule has 0 fully saturated rings. The molecule has 1 aliphatic carbocycles. The van der Waals surface area contributed by atoms with Crippen LogP contribution in [0.1, 0.15) is 39.2 Å². The summed E-state index contributed by atoms with van der Waals surface area (Å²) in [6.07, 6.45) is 17.2. The number of aryl methyl sites for hydroxylation is 1. The minimum Gasteiger partial charge on any atom is -0.456 e. The van der Waals surface area contributed by atoms with Crippen LogP contribution in [0.25, 0.3) is 60.4 Å². The van der Waals surface area contributed by atoms with Gasteiger partial charge in [0.1, 0.15) is 11.2 Å². The number of nitrogens with zero attached hydrogens (tertiary/aromatic N) is 1. The summed E-state index contributed by atoms with van der Waals surface area (Å²) in [5.74, 6) is 0. The summed E-state index contributed by atoms with van der Waals surface area (Å²) < 4.78 is 8.24. The van der Waals surface area contributed by atoms with Gasteiger partial charge in [0.2, 0.25) is 0 Å². The zero-order valence-electron chi connectivity index (χ0n) is 27.0. The number of para-hydroxylation sites is 1. The van der Waals surface area contributed by atoms with Crippen molar-refractivity contribution in [2.45, 2.75) is 38.5 Å². The predicted molar refractivity (Wildman–Crippen MR) is 202 cm³/mol. The highest BCUT2D eigenvalue weighted by molar-refractivity contribution is 7.98. The maximum Gasteiger partial charge on any atom is 0.135 e. The van der Waals surface area contributed by atoms with Crippen LogP contribution in [0.3, 0.4) is 0 Å². The molecule has 230 valence electrons. The van der Waals surface area contributed by atoms with Crippen LogP contribution in [0.5, 0.6) is 0 Å². The molecule has 6 aromatic rings. The lowest BCUT2D eigenvalue weighted by Crippen LogP contribution is -1.96. The van der Waals surface area contributed by atoms with Gasteiger partial charge >= 0.3 is 0 Å². The van der Waals surface area contributed by atoms with Crippen LogP contribution in [0.15, 0.2) is 119 Å². The molecular weight excluding hydrogens is 571 g/mol. The number of anilines is 1. The first kappa shape index (κ1) is 33.2. The fourth-order valence-corrected chi connectivity index (χ4v) is 6.51. The third-order valence-electron chi connectivity index (χ3n) is 7.76. The minimum absolute atomic E-state index is 0.785. The second kappa shape index (κ2) is 15.3. The molecule has 3 N–H and O–H groups in total. The molecule has 0 aliphatic heterocycles. The minimum atomic E-state index is 0.785. The third-order valence-corrected chi connectivity index (χ3v) is 8.52. The second-order valence-electron chi connectivity index (χ2n) is 10.3. The van der Waals surface area contributed by atoms with Crippen molar-refractivity contribution in [1.82, 2.24) is 4.57 Å². The Balaban J connectivity index is 0.000000403. The van der Waals surface area contributed by atoms with Crippen molar-refractivity contribution >= 4 is 73.5 Å². The molecular formula is C40H43N3OS. The van der Waals surface area contributed by atoms with Crippen LogP contribution in [0.2, 0.25) is 0 Å². The van der Waals surface area contributed by atoms with Crippen LogP contribution in [0.4, 0.5) is 5.69 Å². The molecule has 5 heteroatoms. The van der Waals surface area contributed by atoms with Crippen LogP contribution < -0.4 is 5.73 Å². The molecule has 0 saturated carbocycles. The number of fused-ring (bicyclic) bond motifs is 6. The lowest BCUT2D eigenvalue weighted by atomic mass is 9.97. The van der Waals surface area contributed by atoms with E-state index in [1.807, 2.05) is 39.0 Å². The van der Waals surface area contributed by atoms with Crippen LogP contribution in [-0.2, 0) is 7.05 Å². The number of benzene rings is 4. The van der Waals surface area contributed by atoms with Crippen molar-refractivity contribution in [3.8, 4) is 11.1 Å². The summed E-state index contributed by atoms with van der Waals surface area (Å²) in [4.78, 5) is 1.15. The van der Waals surface area contributed by atoms with Crippen LogP contribution >= 0.6 is 11.8 Å². The summed E-state index contributed by atoms with van der Waals surface area (Å²) in [5.41, 5.74) is 15.9. The van der Waals surface area contributed by atoms with Gasteiger partial charge in [-0.25, -0.2) is 0 Å². The molecule has 1 aliphatic rings. The Bertz CT molecular complexity index is 2040. The number of nitrogens with one attached hydrogen (secondary N) is 1. The van der Waals surface area contributed by atoms with E-state index in [-0.39, 0.29) is 0 Å². The topological polar surface area (TPSA) is 67.9 Å². The van der Waals surface area contributed by atoms with Gasteiger partial charge in [0.05, 0.1) is 11.2 Å². The number of furan rings is 1. The van der Waals surface area contributed by atoms with E-state index in [1.54, 1.807) is 11.8 Å². The van der Waals surface area contributed by atoms with E-state index in [9.17, 15) is 0 Å². The van der Waals surface area contributed by atoms with Gasteiger partial charge in [0.25, 0.3) is 0 Å². The summed E-state index contributed by atoms with van der Waals surface area (Å²) >= 11 is 1.71. The van der Waals surface area contributed by atoms with E-state index < -0.39 is 0 Å². The van der Waals surface area contributed by atoms with Crippen molar-refractivity contribution in [2.75, 3.05) is 12.0 Å². The third kappa shape index (κ3) is 6.54. The Labute approximate surface area is 271 Å². The Morgan fingerprint density at radius 2 is 1.53 bits per heavy atom. The lowest BCUT2D eigenvalue weighted by Gasteiger charge is -2.13. The summed E-state index contributed by atoms with van der Waals surface area (Å²) in [6.45, 7) is 12.9. The molecule has 4 aromatic carbocycles. The Morgan fingerprint density at radius 1 is 0.889 bits per heavy atom. The molecule has 0 amide bonds. The van der Waals surface area contributed by atoms with Gasteiger partial charge < -0.3 is 20.1 Å². The maximum atomic E-state index is 6.60. The van der Waals surface area contributed by atoms with Gasteiger partial charge in [0, 0.05) is 44.6 Å². The van der Waals surface area contributed by atoms with Gasteiger partial charge in [0.15, 0.2) is 0 Å². The summed E-state index contributed by atoms with van der Waals surface area (Å²) in [6, 6.07) is 23.4. The highest BCUT2D eigenvalue weighted by Crippen LogP contribution is 2.43. The SMILES string of the molecule is C1=CCCC=C1.C=C(/C=C\C)c1c(SC)cc(N)c2c1c1ccc(-c3ccc4oc5ccccc5c4c3)cc1n2C.C=N.CC. The van der Waals surface area contributed by atoms with Gasteiger partial charge in [-0.3, -0.25) is 0 Å². The monoisotopic (exact) mass is 613 g/mol. The van der Waals surface area contributed by atoms with E-state index in [4.69, 9.17) is 15.6 Å². The highest BCUT2D eigenvalue weighted by atomic mass is 32.2. The Hall–Kier alpha value is -4.74. The van der Waals surface area contributed by atoms with Crippen LogP contribution in [-0.4, -0.2) is 17.5 Å². The number of hydrogen-bond donors (Lipinski definition) is 2. The smallest absolute Gasteiger partial charge is 0.135 e. The van der Waals surface area contributed by atoms with Gasteiger partial charge in [-0.2, -0.15) is 0 Å². The maximum absolute atomic E-state index is 6.60. The Kier molecular flexibility index (Phi) is 11.3. The number of thioether (sulfide) groups is 1. The zero-order valence-corrected chi connectivity index (χ0v) is 27.8. The first-order chi connectivity index (χ1) is 22.0. The number of aromatic nitrogens is 1. The zero-order chi connectivity index (χ0) is 32.5. The fourth-order valence-electron chi connectivity index (χ4n) is 5.82. The van der Waals surface area contributed by atoms with E-state index in [0.717, 1.165) is 71.2 Å². The molecule has 0 spiro atoms. The van der Waals surface area contributed by atoms with E-state index in [2.05, 4.69) is 116 Å². The first-order valence-corrected chi connectivity index (χ1v) is 16.5. The van der Waals surface area contributed by atoms with E-state index in [0.29, 0.717) is 0 Å². The summed E-state index contributed by atoms with van der Waals surface area (Å²) in [5, 5.41) is 10.1. The number of rotatable bonds is 4. The molecule has 7 rings (SSSR count). The molecule has 0 bridgehead atoms. The molecule has 4 nitrogen and oxygen atoms in total. The second-order valence-corrected chi connectivity index (χ2v) is 11.2. The molecule has 45 heavy (non-hydrogen) atoms. The molecule has 2 aromatic heterocycles. The normalized spacial score (nSPS) is 12.1. The largest absolute Gasteiger partial charge is 0.456 e. The number of hydrogen-bond acceptors (Lipinski definition) is 4. The molecule has 2 heterocycles. The van der Waals surface area contributed by atoms with Crippen LogP contribution in [0, 0.1) is 5.41 Å². The average molecular weight is 614 g/mol. The Morgan fingerprint density at radius 3 is 2.18 bits per heavy atom. The molecule has 0 radical (unpaired) electrons. The van der Waals surface area contributed by atoms with Gasteiger partial charge in [-0.05, 0) is 79.8 Å². The molecule has 0 saturated heterocycles. The standard InChI is InChI=1S/C31H26N2OS.C6H8.C2H6.CH3N/c1-5-8-18(2)29-28(35-4)17-24(32)31-30(29)22-13-11-20(16-25(22)33(31)3)19-12-14-27-23(15-19)21-9-6-7-10-26(21)34-27;1-2-4-6-5-3-1;2*1-2/h5-17H,2,32H2,1,3-4H3;1-4H,5-6H2;1-2H3;2H,1H2/b8-5-;;;. The van der Waals surface area contributed by atoms with Crippen molar-refractivity contribution in [1.29, 1.82) is 5.41 Å². The van der Waals surface area contributed by atoms with Crippen molar-refractivity contribution in [2.24, 2.45) is 7.05 Å². The number of allylic oxidation sites excluding steroid dienone is 7. The van der Waals surface area contributed by atoms with E-state index >= 15 is 0 Å². The van der Waals surface area contributed by atoms with Gasteiger partial charge in [-0.15, -0.1) is 11.8 Å². The molecule has 0 atom stereocenters. The van der Waals surface area contributed by atoms with Crippen molar-refractivity contribution in [3.63, 3.8) is 0 Å². The number of nitrogen functional groups attached to an aromatic ring is 1. The predicted octanol–water partition coefficient (Wildman–Crippen LogP) is 12.0. The fraction of sp³-hybridized carbons (Fsp3) is 0.175. The molecule has 0 unspecified atom stereocenters. The first-order valence-electron chi connectivity index (χ1n) is 15.3. The van der Waals surface area contributed by atoms with Crippen molar-refractivity contribution < 1.29 is 4.42 Å². The summed E-state index contributed by atoms with van der Waals surface area (Å²) in [7, 11) is 2.10. The van der Waals surface area contributed by atoms with Gasteiger partial charge in [-0.1, -0.05) is 93.3 Å². The van der Waals surface area contributed by atoms with Crippen molar-refractivity contribution in [3.05, 3.63) is 115 Å².